The van der Waals surface area contributed by atoms with Crippen LogP contribution < -0.4 is 17.2 Å². The minimum Gasteiger partial charge on any atom is -0.384 e. The zero-order chi connectivity index (χ0) is 21.4. The second-order valence-electron chi connectivity index (χ2n) is 6.86. The minimum absolute atomic E-state index is 0.00680. The molecule has 8 nitrogen and oxygen atoms in total. The third-order valence-electron chi connectivity index (χ3n) is 4.99. The SMILES string of the molecule is C/C=C(\C=C/CN)c1nc(N)cc(C2(S(=O)(=O)C3=C(Cl)C=C(C(N)=O)C3)CC2)n1. The zero-order valence-corrected chi connectivity index (χ0v) is 17.4. The summed E-state index contributed by atoms with van der Waals surface area (Å²) in [7, 11) is -3.89. The zero-order valence-electron chi connectivity index (χ0n) is 15.9. The van der Waals surface area contributed by atoms with Crippen LogP contribution in [0.15, 0.2) is 45.9 Å². The van der Waals surface area contributed by atoms with E-state index >= 15 is 0 Å². The van der Waals surface area contributed by atoms with Gasteiger partial charge in [-0.1, -0.05) is 29.8 Å². The summed E-state index contributed by atoms with van der Waals surface area (Å²) in [6, 6.07) is 1.47. The molecular weight excluding hydrogens is 414 g/mol. The Morgan fingerprint density at radius 1 is 1.34 bits per heavy atom. The first kappa shape index (κ1) is 21.2. The monoisotopic (exact) mass is 435 g/mol. The van der Waals surface area contributed by atoms with Gasteiger partial charge in [0.25, 0.3) is 0 Å². The Morgan fingerprint density at radius 3 is 2.55 bits per heavy atom. The van der Waals surface area contributed by atoms with Crippen LogP contribution in [0.1, 0.15) is 37.7 Å². The van der Waals surface area contributed by atoms with Gasteiger partial charge in [0.2, 0.25) is 5.91 Å². The second kappa shape index (κ2) is 7.74. The highest BCUT2D eigenvalue weighted by atomic mass is 35.5. The van der Waals surface area contributed by atoms with Gasteiger partial charge in [-0.25, -0.2) is 18.4 Å². The van der Waals surface area contributed by atoms with E-state index in [0.717, 1.165) is 0 Å². The maximum atomic E-state index is 13.5. The van der Waals surface area contributed by atoms with Crippen LogP contribution in [0.5, 0.6) is 0 Å². The van der Waals surface area contributed by atoms with Gasteiger partial charge in [-0.15, -0.1) is 0 Å². The molecule has 0 unspecified atom stereocenters. The first-order valence-corrected chi connectivity index (χ1v) is 10.8. The molecule has 6 N–H and O–H groups in total. The van der Waals surface area contributed by atoms with Crippen LogP contribution in [0.2, 0.25) is 0 Å². The average Bonchev–Trinajstić information content (AvgIpc) is 3.39. The van der Waals surface area contributed by atoms with Crippen LogP contribution in [-0.4, -0.2) is 30.8 Å². The standard InChI is InChI=1S/C19H22ClN5O3S/c1-2-11(4-3-7-21)18-24-15(10-16(22)25-18)19(5-6-19)29(27,28)14-9-12(17(23)26)8-13(14)20/h2-4,8,10H,5-7,9,21H2,1H3,(H2,23,26)(H2,22,24,25)/b4-3-,11-2+. The lowest BCUT2D eigenvalue weighted by atomic mass is 10.2. The van der Waals surface area contributed by atoms with E-state index in [2.05, 4.69) is 9.97 Å². The molecule has 1 saturated carbocycles. The van der Waals surface area contributed by atoms with Gasteiger partial charge < -0.3 is 17.2 Å². The molecule has 2 aliphatic carbocycles. The number of nitrogens with zero attached hydrogens (tertiary/aromatic N) is 2. The summed E-state index contributed by atoms with van der Waals surface area (Å²) >= 11 is 6.14. The summed E-state index contributed by atoms with van der Waals surface area (Å²) in [6.07, 6.45) is 7.21. The Kier molecular flexibility index (Phi) is 5.66. The number of anilines is 1. The number of amides is 1. The predicted molar refractivity (Wildman–Crippen MR) is 113 cm³/mol. The Balaban J connectivity index is 2.04. The molecule has 29 heavy (non-hydrogen) atoms. The molecule has 0 aliphatic heterocycles. The van der Waals surface area contributed by atoms with Crippen LogP contribution in [0.25, 0.3) is 5.57 Å². The fourth-order valence-electron chi connectivity index (χ4n) is 3.26. The molecular formula is C19H22ClN5O3S. The summed E-state index contributed by atoms with van der Waals surface area (Å²) in [5.41, 5.74) is 17.9. The highest BCUT2D eigenvalue weighted by Gasteiger charge is 2.59. The fourth-order valence-corrected chi connectivity index (χ4v) is 5.91. The number of aromatic nitrogens is 2. The Labute approximate surface area is 174 Å². The van der Waals surface area contributed by atoms with Crippen molar-refractivity contribution >= 4 is 38.7 Å². The first-order valence-electron chi connectivity index (χ1n) is 8.98. The van der Waals surface area contributed by atoms with Gasteiger partial charge in [0.15, 0.2) is 15.7 Å². The summed E-state index contributed by atoms with van der Waals surface area (Å²) in [4.78, 5) is 20.2. The van der Waals surface area contributed by atoms with Crippen molar-refractivity contribution in [2.75, 3.05) is 12.3 Å². The number of rotatable bonds is 7. The van der Waals surface area contributed by atoms with Crippen LogP contribution in [0, 0.1) is 0 Å². The number of carbonyl (C=O) groups is 1. The Morgan fingerprint density at radius 2 is 2.03 bits per heavy atom. The lowest BCUT2D eigenvalue weighted by Crippen LogP contribution is -2.25. The molecule has 1 amide bonds. The first-order chi connectivity index (χ1) is 13.7. The van der Waals surface area contributed by atoms with Crippen molar-refractivity contribution in [2.45, 2.75) is 30.9 Å². The third-order valence-corrected chi connectivity index (χ3v) is 8.10. The van der Waals surface area contributed by atoms with Crippen molar-refractivity contribution in [2.24, 2.45) is 11.5 Å². The van der Waals surface area contributed by atoms with E-state index in [0.29, 0.717) is 36.5 Å². The lowest BCUT2D eigenvalue weighted by molar-refractivity contribution is -0.114. The molecule has 1 fully saturated rings. The van der Waals surface area contributed by atoms with Gasteiger partial charge >= 0.3 is 0 Å². The van der Waals surface area contributed by atoms with Crippen molar-refractivity contribution < 1.29 is 13.2 Å². The second-order valence-corrected chi connectivity index (χ2v) is 9.55. The number of nitrogen functional groups attached to an aromatic ring is 1. The smallest absolute Gasteiger partial charge is 0.245 e. The number of primary amides is 1. The molecule has 2 aliphatic rings. The van der Waals surface area contributed by atoms with E-state index in [9.17, 15) is 13.2 Å². The number of allylic oxidation sites excluding steroid dienone is 6. The normalized spacial score (nSPS) is 19.0. The van der Waals surface area contributed by atoms with E-state index in [4.69, 9.17) is 28.8 Å². The quantitative estimate of drug-likeness (QED) is 0.549. The molecule has 0 radical (unpaired) electrons. The van der Waals surface area contributed by atoms with Gasteiger partial charge in [0.05, 0.1) is 15.6 Å². The van der Waals surface area contributed by atoms with Crippen molar-refractivity contribution in [1.82, 2.24) is 9.97 Å². The van der Waals surface area contributed by atoms with Crippen molar-refractivity contribution in [3.05, 3.63) is 57.4 Å². The maximum absolute atomic E-state index is 13.5. The van der Waals surface area contributed by atoms with Gasteiger partial charge in [0.1, 0.15) is 10.6 Å². The molecule has 1 aromatic heterocycles. The topological polar surface area (TPSA) is 155 Å². The number of sulfone groups is 1. The van der Waals surface area contributed by atoms with Crippen molar-refractivity contribution in [1.29, 1.82) is 0 Å². The van der Waals surface area contributed by atoms with E-state index < -0.39 is 20.5 Å². The Bertz CT molecular complexity index is 1100. The van der Waals surface area contributed by atoms with Gasteiger partial charge in [-0.3, -0.25) is 4.79 Å². The van der Waals surface area contributed by atoms with Crippen molar-refractivity contribution in [3.8, 4) is 0 Å². The van der Waals surface area contributed by atoms with E-state index in [-0.39, 0.29) is 27.7 Å². The molecule has 0 bridgehead atoms. The molecule has 0 aromatic carbocycles. The van der Waals surface area contributed by atoms with Gasteiger partial charge in [-0.2, -0.15) is 0 Å². The molecule has 0 saturated heterocycles. The Hall–Kier alpha value is -2.49. The summed E-state index contributed by atoms with van der Waals surface area (Å²) in [5.74, 6) is -0.221. The fraction of sp³-hybridized carbons (Fsp3) is 0.316. The molecule has 154 valence electrons. The van der Waals surface area contributed by atoms with Gasteiger partial charge in [0, 0.05) is 30.2 Å². The van der Waals surface area contributed by atoms with Crippen molar-refractivity contribution in [3.63, 3.8) is 0 Å². The summed E-state index contributed by atoms with van der Waals surface area (Å²) in [6.45, 7) is 2.15. The summed E-state index contributed by atoms with van der Waals surface area (Å²) in [5, 5.41) is 0.00680. The number of hydrogen-bond acceptors (Lipinski definition) is 7. The van der Waals surface area contributed by atoms with Crippen LogP contribution >= 0.6 is 11.6 Å². The third kappa shape index (κ3) is 3.73. The highest BCUT2D eigenvalue weighted by Crippen LogP contribution is 2.56. The van der Waals surface area contributed by atoms with E-state index in [1.165, 1.54) is 12.1 Å². The summed E-state index contributed by atoms with van der Waals surface area (Å²) < 4.78 is 25.7. The van der Waals surface area contributed by atoms with E-state index in [1.54, 1.807) is 18.2 Å². The van der Waals surface area contributed by atoms with Crippen LogP contribution in [0.4, 0.5) is 5.82 Å². The van der Waals surface area contributed by atoms with Gasteiger partial charge in [-0.05, 0) is 25.8 Å². The molecule has 1 aromatic rings. The van der Waals surface area contributed by atoms with Crippen LogP contribution in [-0.2, 0) is 19.4 Å². The minimum atomic E-state index is -3.89. The number of hydrogen-bond donors (Lipinski definition) is 3. The number of nitrogens with two attached hydrogens (primary N) is 3. The largest absolute Gasteiger partial charge is 0.384 e. The average molecular weight is 436 g/mol. The molecule has 3 rings (SSSR count). The predicted octanol–water partition coefficient (Wildman–Crippen LogP) is 1.65. The lowest BCUT2D eigenvalue weighted by Gasteiger charge is -2.18. The van der Waals surface area contributed by atoms with Crippen LogP contribution in [0.3, 0.4) is 0 Å². The maximum Gasteiger partial charge on any atom is 0.245 e. The number of carbonyl (C=O) groups excluding carboxylic acids is 1. The highest BCUT2D eigenvalue weighted by molar-refractivity contribution is 7.96. The molecule has 1 heterocycles. The number of halogens is 1. The van der Waals surface area contributed by atoms with E-state index in [1.807, 2.05) is 6.92 Å². The molecule has 10 heteroatoms. The molecule has 0 atom stereocenters. The molecule has 0 spiro atoms.